The van der Waals surface area contributed by atoms with Crippen LogP contribution in [0.3, 0.4) is 0 Å². The molecule has 0 radical (unpaired) electrons. The fourth-order valence-corrected chi connectivity index (χ4v) is 2.18. The minimum Gasteiger partial charge on any atom is -0.372 e. The molecule has 0 amide bonds. The molecule has 1 aliphatic heterocycles. The molecule has 0 aliphatic carbocycles. The average molecular weight is 214 g/mol. The molecule has 16 heavy (non-hydrogen) atoms. The Morgan fingerprint density at radius 1 is 1.19 bits per heavy atom. The van der Waals surface area contributed by atoms with Gasteiger partial charge in [-0.05, 0) is 31.4 Å². The summed E-state index contributed by atoms with van der Waals surface area (Å²) in [4.78, 5) is 2.45. The number of terminal acetylenes is 1. The van der Waals surface area contributed by atoms with Gasteiger partial charge in [-0.2, -0.15) is 0 Å². The maximum Gasteiger partial charge on any atom is 0.0764 e. The quantitative estimate of drug-likeness (QED) is 0.778. The van der Waals surface area contributed by atoms with Crippen LogP contribution in [-0.4, -0.2) is 19.6 Å². The molecule has 1 aromatic carbocycles. The molecule has 84 valence electrons. The summed E-state index contributed by atoms with van der Waals surface area (Å²) in [6, 6.07) is 8.41. The van der Waals surface area contributed by atoms with Crippen LogP contribution in [0.25, 0.3) is 0 Å². The molecule has 0 saturated carbocycles. The van der Waals surface area contributed by atoms with Crippen LogP contribution in [0, 0.1) is 12.3 Å². The molecule has 0 bridgehead atoms. The highest BCUT2D eigenvalue weighted by Crippen LogP contribution is 2.27. The van der Waals surface area contributed by atoms with Gasteiger partial charge in [0.05, 0.1) is 17.9 Å². The maximum absolute atomic E-state index is 5.28. The third-order valence-corrected chi connectivity index (χ3v) is 2.98. The first-order valence-corrected chi connectivity index (χ1v) is 5.93. The molecule has 0 spiro atoms. The fourth-order valence-electron chi connectivity index (χ4n) is 2.18. The molecule has 1 N–H and O–H groups in total. The summed E-state index contributed by atoms with van der Waals surface area (Å²) >= 11 is 0. The number of hydrogen-bond donors (Lipinski definition) is 1. The smallest absolute Gasteiger partial charge is 0.0764 e. The predicted octanol–water partition coefficient (Wildman–Crippen LogP) is 2.72. The lowest BCUT2D eigenvalue weighted by atomic mass is 10.1. The Kier molecular flexibility index (Phi) is 3.71. The lowest BCUT2D eigenvalue weighted by molar-refractivity contribution is 0.578. The van der Waals surface area contributed by atoms with Crippen molar-refractivity contribution in [1.82, 2.24) is 0 Å². The van der Waals surface area contributed by atoms with Crippen LogP contribution in [-0.2, 0) is 0 Å². The number of hydrogen-bond acceptors (Lipinski definition) is 2. The maximum atomic E-state index is 5.28. The second kappa shape index (κ2) is 5.46. The van der Waals surface area contributed by atoms with Crippen LogP contribution in [0.2, 0.25) is 0 Å². The second-order valence-electron chi connectivity index (χ2n) is 4.12. The lowest BCUT2D eigenvalue weighted by Gasteiger charge is -2.30. The van der Waals surface area contributed by atoms with E-state index in [4.69, 9.17) is 6.42 Å². The Morgan fingerprint density at radius 3 is 2.69 bits per heavy atom. The van der Waals surface area contributed by atoms with E-state index in [9.17, 15) is 0 Å². The van der Waals surface area contributed by atoms with Crippen LogP contribution >= 0.6 is 0 Å². The van der Waals surface area contributed by atoms with E-state index >= 15 is 0 Å². The lowest BCUT2D eigenvalue weighted by Crippen LogP contribution is -2.30. The molecular formula is C14H18N2. The monoisotopic (exact) mass is 214 g/mol. The summed E-state index contributed by atoms with van der Waals surface area (Å²) in [7, 11) is 0. The van der Waals surface area contributed by atoms with E-state index in [0.29, 0.717) is 6.54 Å². The molecule has 0 atom stereocenters. The average Bonchev–Trinajstić information content (AvgIpc) is 2.38. The third kappa shape index (κ3) is 2.49. The molecule has 1 aliphatic rings. The number of nitrogens with zero attached hydrogens (tertiary/aromatic N) is 1. The number of piperidine rings is 1. The van der Waals surface area contributed by atoms with Crippen molar-refractivity contribution in [2.24, 2.45) is 0 Å². The first kappa shape index (κ1) is 10.9. The van der Waals surface area contributed by atoms with Crippen molar-refractivity contribution >= 4 is 11.4 Å². The third-order valence-electron chi connectivity index (χ3n) is 2.98. The summed E-state index contributed by atoms with van der Waals surface area (Å²) in [5.74, 6) is 2.62. The molecule has 1 fully saturated rings. The zero-order valence-electron chi connectivity index (χ0n) is 9.58. The Morgan fingerprint density at radius 2 is 1.94 bits per heavy atom. The van der Waals surface area contributed by atoms with Crippen molar-refractivity contribution in [1.29, 1.82) is 0 Å². The van der Waals surface area contributed by atoms with E-state index in [2.05, 4.69) is 34.3 Å². The van der Waals surface area contributed by atoms with Gasteiger partial charge in [0, 0.05) is 13.1 Å². The molecular weight excluding hydrogens is 196 g/mol. The van der Waals surface area contributed by atoms with Crippen molar-refractivity contribution in [3.8, 4) is 12.3 Å². The van der Waals surface area contributed by atoms with Gasteiger partial charge in [-0.1, -0.05) is 18.1 Å². The molecule has 0 unspecified atom stereocenters. The van der Waals surface area contributed by atoms with E-state index < -0.39 is 0 Å². The summed E-state index contributed by atoms with van der Waals surface area (Å²) in [5.41, 5.74) is 2.44. The summed E-state index contributed by atoms with van der Waals surface area (Å²) in [6.45, 7) is 2.91. The van der Waals surface area contributed by atoms with Crippen LogP contribution < -0.4 is 10.2 Å². The summed E-state index contributed by atoms with van der Waals surface area (Å²) < 4.78 is 0. The van der Waals surface area contributed by atoms with Crippen molar-refractivity contribution in [3.05, 3.63) is 24.3 Å². The zero-order chi connectivity index (χ0) is 11.2. The van der Waals surface area contributed by atoms with E-state index in [-0.39, 0.29) is 0 Å². The second-order valence-corrected chi connectivity index (χ2v) is 4.12. The minimum atomic E-state index is 0.588. The van der Waals surface area contributed by atoms with Gasteiger partial charge in [0.15, 0.2) is 0 Å². The zero-order valence-corrected chi connectivity index (χ0v) is 9.58. The first-order chi connectivity index (χ1) is 7.92. The van der Waals surface area contributed by atoms with Gasteiger partial charge in [0.2, 0.25) is 0 Å². The number of rotatable bonds is 3. The van der Waals surface area contributed by atoms with Crippen LogP contribution in [0.5, 0.6) is 0 Å². The van der Waals surface area contributed by atoms with Gasteiger partial charge in [-0.15, -0.1) is 6.42 Å². The van der Waals surface area contributed by atoms with Gasteiger partial charge in [-0.25, -0.2) is 0 Å². The molecule has 2 heteroatoms. The first-order valence-electron chi connectivity index (χ1n) is 5.93. The standard InChI is InChI=1S/C14H18N2/c1-2-10-15-13-8-4-5-9-14(13)16-11-6-3-7-12-16/h1,4-5,8-9,15H,3,6-7,10-12H2. The number of para-hydroxylation sites is 2. The molecule has 1 saturated heterocycles. The van der Waals surface area contributed by atoms with Gasteiger partial charge < -0.3 is 10.2 Å². The molecule has 1 aromatic rings. The number of benzene rings is 1. The van der Waals surface area contributed by atoms with Crippen molar-refractivity contribution in [2.45, 2.75) is 19.3 Å². The number of anilines is 2. The van der Waals surface area contributed by atoms with Gasteiger partial charge in [-0.3, -0.25) is 0 Å². The molecule has 2 nitrogen and oxygen atoms in total. The topological polar surface area (TPSA) is 15.3 Å². The van der Waals surface area contributed by atoms with Crippen LogP contribution in [0.1, 0.15) is 19.3 Å². The molecule has 2 rings (SSSR count). The molecule has 1 heterocycles. The minimum absolute atomic E-state index is 0.588. The normalized spacial score (nSPS) is 15.6. The van der Waals surface area contributed by atoms with Crippen molar-refractivity contribution in [3.63, 3.8) is 0 Å². The van der Waals surface area contributed by atoms with E-state index in [0.717, 1.165) is 18.8 Å². The van der Waals surface area contributed by atoms with Gasteiger partial charge in [0.1, 0.15) is 0 Å². The highest BCUT2D eigenvalue weighted by atomic mass is 15.1. The largest absolute Gasteiger partial charge is 0.372 e. The highest BCUT2D eigenvalue weighted by Gasteiger charge is 2.13. The predicted molar refractivity (Wildman–Crippen MR) is 69.8 cm³/mol. The van der Waals surface area contributed by atoms with E-state index in [1.54, 1.807) is 0 Å². The Bertz CT molecular complexity index is 373. The Hall–Kier alpha value is -1.62. The van der Waals surface area contributed by atoms with Crippen LogP contribution in [0.15, 0.2) is 24.3 Å². The van der Waals surface area contributed by atoms with E-state index in [1.165, 1.54) is 24.9 Å². The Labute approximate surface area is 97.7 Å². The molecule has 0 aromatic heterocycles. The van der Waals surface area contributed by atoms with Crippen molar-refractivity contribution < 1.29 is 0 Å². The Balaban J connectivity index is 2.14. The summed E-state index contributed by atoms with van der Waals surface area (Å²) in [6.07, 6.45) is 9.23. The van der Waals surface area contributed by atoms with Gasteiger partial charge in [0.25, 0.3) is 0 Å². The van der Waals surface area contributed by atoms with Crippen LogP contribution in [0.4, 0.5) is 11.4 Å². The number of nitrogens with one attached hydrogen (secondary N) is 1. The van der Waals surface area contributed by atoms with Gasteiger partial charge >= 0.3 is 0 Å². The van der Waals surface area contributed by atoms with E-state index in [1.807, 2.05) is 6.07 Å². The summed E-state index contributed by atoms with van der Waals surface area (Å²) in [5, 5.41) is 3.28. The highest BCUT2D eigenvalue weighted by molar-refractivity contribution is 5.70. The fraction of sp³-hybridized carbons (Fsp3) is 0.429. The SMILES string of the molecule is C#CCNc1ccccc1N1CCCCC1. The van der Waals surface area contributed by atoms with Crippen molar-refractivity contribution in [2.75, 3.05) is 29.9 Å².